The van der Waals surface area contributed by atoms with E-state index in [9.17, 15) is 0 Å². The van der Waals surface area contributed by atoms with E-state index in [1.807, 2.05) is 31.2 Å². The molecule has 0 saturated carbocycles. The lowest BCUT2D eigenvalue weighted by Crippen LogP contribution is -2.39. The first kappa shape index (κ1) is 20.8. The number of nitrogens with zero attached hydrogens (tertiary/aromatic N) is 3. The minimum absolute atomic E-state index is 0.670. The topological polar surface area (TPSA) is 39.0 Å². The van der Waals surface area contributed by atoms with Gasteiger partial charge in [-0.05, 0) is 43.7 Å². The molecule has 0 radical (unpaired) electrons. The molecule has 2 aromatic carbocycles. The van der Waals surface area contributed by atoms with Crippen LogP contribution in [0.3, 0.4) is 0 Å². The van der Waals surface area contributed by atoms with Crippen LogP contribution in [0.4, 0.5) is 5.69 Å². The standard InChI is InChI=1S/C24H29N3O2S/c1-3-29-22-10-8-21(9-11-22)25-24-27(13-12-26-14-16-28-17-15-26)23(18-30-24)20-6-4-19(2)5-7-20/h4-11,18H,3,12-17H2,1-2H3. The monoisotopic (exact) mass is 423 g/mol. The minimum atomic E-state index is 0.670. The van der Waals surface area contributed by atoms with E-state index in [1.54, 1.807) is 11.3 Å². The van der Waals surface area contributed by atoms with Gasteiger partial charge in [0.15, 0.2) is 4.80 Å². The van der Waals surface area contributed by atoms with Crippen LogP contribution in [-0.4, -0.2) is 48.9 Å². The van der Waals surface area contributed by atoms with Crippen molar-refractivity contribution in [2.24, 2.45) is 4.99 Å². The van der Waals surface area contributed by atoms with Gasteiger partial charge in [0.2, 0.25) is 0 Å². The van der Waals surface area contributed by atoms with Crippen molar-refractivity contribution in [1.82, 2.24) is 9.47 Å². The number of thiazole rings is 1. The van der Waals surface area contributed by atoms with Gasteiger partial charge < -0.3 is 14.0 Å². The minimum Gasteiger partial charge on any atom is -0.494 e. The highest BCUT2D eigenvalue weighted by Gasteiger charge is 2.13. The van der Waals surface area contributed by atoms with Crippen LogP contribution >= 0.6 is 11.3 Å². The summed E-state index contributed by atoms with van der Waals surface area (Å²) in [6.45, 7) is 10.3. The molecule has 30 heavy (non-hydrogen) atoms. The summed E-state index contributed by atoms with van der Waals surface area (Å²) in [5.41, 5.74) is 4.66. The summed E-state index contributed by atoms with van der Waals surface area (Å²) in [6, 6.07) is 16.7. The Kier molecular flexibility index (Phi) is 7.00. The molecule has 0 aliphatic carbocycles. The Morgan fingerprint density at radius 1 is 1.00 bits per heavy atom. The van der Waals surface area contributed by atoms with Gasteiger partial charge in [-0.25, -0.2) is 4.99 Å². The third-order valence-corrected chi connectivity index (χ3v) is 6.12. The lowest BCUT2D eigenvalue weighted by molar-refractivity contribution is 0.0363. The van der Waals surface area contributed by atoms with Gasteiger partial charge in [0.1, 0.15) is 5.75 Å². The predicted molar refractivity (Wildman–Crippen MR) is 123 cm³/mol. The van der Waals surface area contributed by atoms with Crippen LogP contribution in [0, 0.1) is 6.92 Å². The van der Waals surface area contributed by atoms with Crippen LogP contribution in [0.2, 0.25) is 0 Å². The molecule has 5 nitrogen and oxygen atoms in total. The molecule has 2 heterocycles. The summed E-state index contributed by atoms with van der Waals surface area (Å²) in [5, 5.41) is 2.22. The Balaban J connectivity index is 1.65. The zero-order chi connectivity index (χ0) is 20.8. The average molecular weight is 424 g/mol. The fraction of sp³-hybridized carbons (Fsp3) is 0.375. The number of aromatic nitrogens is 1. The number of aryl methyl sites for hydroxylation is 1. The lowest BCUT2D eigenvalue weighted by Gasteiger charge is -2.26. The fourth-order valence-corrected chi connectivity index (χ4v) is 4.51. The average Bonchev–Trinajstić information content (AvgIpc) is 3.17. The van der Waals surface area contributed by atoms with E-state index >= 15 is 0 Å². The number of hydrogen-bond donors (Lipinski definition) is 0. The molecule has 158 valence electrons. The van der Waals surface area contributed by atoms with Gasteiger partial charge in [0.25, 0.3) is 0 Å². The summed E-state index contributed by atoms with van der Waals surface area (Å²) >= 11 is 1.69. The Morgan fingerprint density at radius 3 is 2.43 bits per heavy atom. The third-order valence-electron chi connectivity index (χ3n) is 5.26. The quantitative estimate of drug-likeness (QED) is 0.562. The van der Waals surface area contributed by atoms with Crippen molar-refractivity contribution in [2.45, 2.75) is 20.4 Å². The Morgan fingerprint density at radius 2 is 1.73 bits per heavy atom. The van der Waals surface area contributed by atoms with Crippen molar-refractivity contribution in [1.29, 1.82) is 0 Å². The van der Waals surface area contributed by atoms with Crippen LogP contribution in [-0.2, 0) is 11.3 Å². The van der Waals surface area contributed by atoms with Crippen LogP contribution in [0.5, 0.6) is 5.75 Å². The molecule has 4 rings (SSSR count). The largest absolute Gasteiger partial charge is 0.494 e. The van der Waals surface area contributed by atoms with Crippen LogP contribution in [0.1, 0.15) is 12.5 Å². The van der Waals surface area contributed by atoms with Crippen LogP contribution in [0.25, 0.3) is 11.3 Å². The number of rotatable bonds is 7. The molecule has 0 atom stereocenters. The Hall–Kier alpha value is -2.41. The van der Waals surface area contributed by atoms with Crippen molar-refractivity contribution in [3.8, 4) is 17.0 Å². The second-order valence-electron chi connectivity index (χ2n) is 7.41. The number of hydrogen-bond acceptors (Lipinski definition) is 5. The van der Waals surface area contributed by atoms with Gasteiger partial charge in [-0.15, -0.1) is 11.3 Å². The Labute approximate surface area is 182 Å². The van der Waals surface area contributed by atoms with Gasteiger partial charge in [-0.2, -0.15) is 0 Å². The third kappa shape index (κ3) is 5.19. The maximum absolute atomic E-state index is 5.55. The summed E-state index contributed by atoms with van der Waals surface area (Å²) in [6.07, 6.45) is 0. The summed E-state index contributed by atoms with van der Waals surface area (Å²) in [7, 11) is 0. The highest BCUT2D eigenvalue weighted by atomic mass is 32.1. The van der Waals surface area contributed by atoms with E-state index < -0.39 is 0 Å². The van der Waals surface area contributed by atoms with Gasteiger partial charge >= 0.3 is 0 Å². The van der Waals surface area contributed by atoms with Gasteiger partial charge in [-0.3, -0.25) is 4.90 Å². The van der Waals surface area contributed by atoms with E-state index in [0.29, 0.717) is 6.61 Å². The molecule has 1 aliphatic heterocycles. The molecular formula is C24H29N3O2S. The summed E-state index contributed by atoms with van der Waals surface area (Å²) in [5.74, 6) is 0.878. The number of morpholine rings is 1. The molecule has 1 fully saturated rings. The molecule has 1 aliphatic rings. The molecule has 0 spiro atoms. The van der Waals surface area contributed by atoms with E-state index in [-0.39, 0.29) is 0 Å². The molecule has 1 aromatic heterocycles. The smallest absolute Gasteiger partial charge is 0.190 e. The zero-order valence-electron chi connectivity index (χ0n) is 17.7. The fourth-order valence-electron chi connectivity index (χ4n) is 3.55. The van der Waals surface area contributed by atoms with Gasteiger partial charge in [-0.1, -0.05) is 29.8 Å². The maximum atomic E-state index is 5.55. The summed E-state index contributed by atoms with van der Waals surface area (Å²) in [4.78, 5) is 8.44. The molecule has 0 amide bonds. The highest BCUT2D eigenvalue weighted by molar-refractivity contribution is 7.07. The highest BCUT2D eigenvalue weighted by Crippen LogP contribution is 2.22. The van der Waals surface area contributed by atoms with E-state index in [0.717, 1.165) is 55.6 Å². The normalized spacial score (nSPS) is 15.5. The van der Waals surface area contributed by atoms with Crippen LogP contribution < -0.4 is 9.54 Å². The molecule has 1 saturated heterocycles. The summed E-state index contributed by atoms with van der Waals surface area (Å²) < 4.78 is 13.4. The SMILES string of the molecule is CCOc1ccc(N=c2scc(-c3ccc(C)cc3)n2CCN2CCOCC2)cc1. The van der Waals surface area contributed by atoms with Crippen molar-refractivity contribution < 1.29 is 9.47 Å². The van der Waals surface area contributed by atoms with Crippen molar-refractivity contribution in [2.75, 3.05) is 39.5 Å². The lowest BCUT2D eigenvalue weighted by atomic mass is 10.1. The van der Waals surface area contributed by atoms with Gasteiger partial charge in [0, 0.05) is 31.6 Å². The Bertz CT molecular complexity index is 1000. The molecule has 0 N–H and O–H groups in total. The second-order valence-corrected chi connectivity index (χ2v) is 8.25. The second kappa shape index (κ2) is 10.1. The molecule has 0 unspecified atom stereocenters. The number of benzene rings is 2. The van der Waals surface area contributed by atoms with Crippen molar-refractivity contribution >= 4 is 17.0 Å². The van der Waals surface area contributed by atoms with Crippen molar-refractivity contribution in [3.63, 3.8) is 0 Å². The van der Waals surface area contributed by atoms with Crippen LogP contribution in [0.15, 0.2) is 58.9 Å². The molecule has 3 aromatic rings. The van der Waals surface area contributed by atoms with E-state index in [1.165, 1.54) is 16.8 Å². The molecule has 0 bridgehead atoms. The first-order valence-electron chi connectivity index (χ1n) is 10.6. The predicted octanol–water partition coefficient (Wildman–Crippen LogP) is 4.49. The van der Waals surface area contributed by atoms with Gasteiger partial charge in [0.05, 0.1) is 31.2 Å². The number of ether oxygens (including phenoxy) is 2. The first-order chi connectivity index (χ1) is 14.7. The zero-order valence-corrected chi connectivity index (χ0v) is 18.5. The van der Waals surface area contributed by atoms with Crippen molar-refractivity contribution in [3.05, 3.63) is 64.3 Å². The molecule has 6 heteroatoms. The van der Waals surface area contributed by atoms with E-state index in [4.69, 9.17) is 14.5 Å². The maximum Gasteiger partial charge on any atom is 0.190 e. The molecular weight excluding hydrogens is 394 g/mol. The first-order valence-corrected chi connectivity index (χ1v) is 11.4. The van der Waals surface area contributed by atoms with E-state index in [2.05, 4.69) is 46.0 Å².